The Morgan fingerprint density at radius 1 is 0.909 bits per heavy atom. The number of sulfonamides is 1. The molecule has 55 heavy (non-hydrogen) atoms. The van der Waals surface area contributed by atoms with Gasteiger partial charge in [0.05, 0.1) is 54.1 Å². The number of hydrogen-bond donors (Lipinski definition) is 3. The Morgan fingerprint density at radius 3 is 2.27 bits per heavy atom. The molecule has 0 aliphatic carbocycles. The minimum absolute atomic E-state index is 0.0589. The molecule has 0 unspecified atom stereocenters. The third-order valence-corrected chi connectivity index (χ3v) is 13.1. The molecular formula is C37H38N8O8S2. The van der Waals surface area contributed by atoms with Crippen molar-refractivity contribution in [2.24, 2.45) is 0 Å². The number of nitrogens with zero attached hydrogens (tertiary/aromatic N) is 5. The second kappa shape index (κ2) is 15.6. The van der Waals surface area contributed by atoms with E-state index >= 15 is 0 Å². The Labute approximate surface area is 317 Å². The van der Waals surface area contributed by atoms with Crippen LogP contribution in [0, 0.1) is 0 Å². The summed E-state index contributed by atoms with van der Waals surface area (Å²) in [6.07, 6.45) is 0.289. The van der Waals surface area contributed by atoms with E-state index in [-0.39, 0.29) is 55.4 Å². The van der Waals surface area contributed by atoms with Gasteiger partial charge in [0.15, 0.2) is 9.84 Å². The number of aromatic amines is 1. The van der Waals surface area contributed by atoms with Crippen LogP contribution in [0.1, 0.15) is 35.1 Å². The summed E-state index contributed by atoms with van der Waals surface area (Å²) in [5.41, 5.74) is 2.68. The molecule has 0 spiro atoms. The fourth-order valence-corrected chi connectivity index (χ4v) is 10.1. The van der Waals surface area contributed by atoms with Crippen molar-refractivity contribution in [2.75, 3.05) is 33.9 Å². The van der Waals surface area contributed by atoms with Crippen molar-refractivity contribution in [3.8, 4) is 34.0 Å². The Kier molecular flexibility index (Phi) is 10.7. The molecule has 7 rings (SSSR count). The summed E-state index contributed by atoms with van der Waals surface area (Å²) in [7, 11) is -5.83. The third kappa shape index (κ3) is 7.66. The number of rotatable bonds is 14. The van der Waals surface area contributed by atoms with Crippen LogP contribution in [0.2, 0.25) is 0 Å². The van der Waals surface area contributed by atoms with E-state index in [2.05, 4.69) is 35.4 Å². The van der Waals surface area contributed by atoms with Crippen LogP contribution in [0.4, 0.5) is 0 Å². The first-order valence-corrected chi connectivity index (χ1v) is 20.4. The normalized spacial score (nSPS) is 14.6. The van der Waals surface area contributed by atoms with Gasteiger partial charge < -0.3 is 24.5 Å². The maximum atomic E-state index is 14.8. The number of fused-ring (bicyclic) bond motifs is 1. The molecule has 18 heteroatoms. The molecule has 3 heterocycles. The van der Waals surface area contributed by atoms with Crippen molar-refractivity contribution in [1.29, 1.82) is 0 Å². The maximum Gasteiger partial charge on any atom is 0.374 e. The highest BCUT2D eigenvalue weighted by Crippen LogP contribution is 2.42. The maximum absolute atomic E-state index is 14.8. The molecule has 0 radical (unpaired) electrons. The molecule has 1 saturated heterocycles. The Balaban J connectivity index is 1.45. The lowest BCUT2D eigenvalue weighted by molar-refractivity contribution is 0.0513. The summed E-state index contributed by atoms with van der Waals surface area (Å²) in [4.78, 5) is 20.6. The quantitative estimate of drug-likeness (QED) is 0.135. The number of carbonyl (C=O) groups excluding carboxylic acids is 1. The second-order valence-electron chi connectivity index (χ2n) is 12.6. The number of aromatic nitrogens is 6. The lowest BCUT2D eigenvalue weighted by atomic mass is 9.98. The van der Waals surface area contributed by atoms with Crippen molar-refractivity contribution in [3.63, 3.8) is 0 Å². The van der Waals surface area contributed by atoms with Crippen LogP contribution in [0.5, 0.6) is 11.5 Å². The van der Waals surface area contributed by atoms with Crippen LogP contribution in [0.15, 0.2) is 88.7 Å². The lowest BCUT2D eigenvalue weighted by Crippen LogP contribution is -2.30. The highest BCUT2D eigenvalue weighted by atomic mass is 32.2. The van der Waals surface area contributed by atoms with Gasteiger partial charge in [0, 0.05) is 18.7 Å². The molecule has 1 atom stereocenters. The van der Waals surface area contributed by atoms with Gasteiger partial charge in [0.25, 0.3) is 0 Å². The summed E-state index contributed by atoms with van der Waals surface area (Å²) in [6.45, 7) is 2.40. The SMILES string of the molecule is CCOC(=O)c1nc2c(-c3ccc(S(=O)(=O)[C@H]4CCNC4)c(S(=O)(=O)NCc4ccc(OC)cc4)c3-c3nnn(Cc4ccc(OC)cc4)n3)cccc2[nH]1. The topological polar surface area (TPSA) is 209 Å². The number of carbonyl (C=O) groups is 1. The number of methoxy groups -OCH3 is 2. The number of benzene rings is 4. The number of para-hydroxylation sites is 1. The minimum atomic E-state index is -4.67. The summed E-state index contributed by atoms with van der Waals surface area (Å²) < 4.78 is 76.7. The predicted molar refractivity (Wildman–Crippen MR) is 202 cm³/mol. The number of tetrazole rings is 1. The summed E-state index contributed by atoms with van der Waals surface area (Å²) >= 11 is 0. The number of H-pyrrole nitrogens is 1. The first-order chi connectivity index (χ1) is 26.5. The van der Waals surface area contributed by atoms with Crippen LogP contribution in [-0.4, -0.2) is 92.1 Å². The highest BCUT2D eigenvalue weighted by Gasteiger charge is 2.39. The van der Waals surface area contributed by atoms with Gasteiger partial charge in [-0.1, -0.05) is 42.5 Å². The van der Waals surface area contributed by atoms with E-state index in [1.807, 2.05) is 12.1 Å². The van der Waals surface area contributed by atoms with E-state index in [0.717, 1.165) is 5.56 Å². The van der Waals surface area contributed by atoms with Crippen LogP contribution in [0.25, 0.3) is 33.5 Å². The van der Waals surface area contributed by atoms with Crippen LogP contribution in [0.3, 0.4) is 0 Å². The van der Waals surface area contributed by atoms with Crippen LogP contribution >= 0.6 is 0 Å². The first-order valence-electron chi connectivity index (χ1n) is 17.3. The van der Waals surface area contributed by atoms with E-state index in [9.17, 15) is 21.6 Å². The van der Waals surface area contributed by atoms with E-state index in [1.54, 1.807) is 68.6 Å². The fraction of sp³-hybridized carbons (Fsp3) is 0.270. The molecular weight excluding hydrogens is 749 g/mol. The average molecular weight is 787 g/mol. The molecule has 2 aromatic heterocycles. The molecule has 0 bridgehead atoms. The van der Waals surface area contributed by atoms with Crippen LogP contribution in [-0.2, 0) is 37.7 Å². The number of ether oxygens (including phenoxy) is 3. The number of sulfone groups is 1. The molecule has 6 aromatic rings. The molecule has 3 N–H and O–H groups in total. The number of imidazole rings is 1. The predicted octanol–water partition coefficient (Wildman–Crippen LogP) is 3.74. The highest BCUT2D eigenvalue weighted by molar-refractivity contribution is 7.94. The second-order valence-corrected chi connectivity index (χ2v) is 16.5. The van der Waals surface area contributed by atoms with Crippen molar-refractivity contribution in [1.82, 2.24) is 40.2 Å². The Bertz CT molecular complexity index is 2570. The van der Waals surface area contributed by atoms with Gasteiger partial charge in [-0.05, 0) is 78.2 Å². The van der Waals surface area contributed by atoms with Gasteiger partial charge in [-0.2, -0.15) is 4.80 Å². The van der Waals surface area contributed by atoms with Gasteiger partial charge in [0.1, 0.15) is 16.4 Å². The van der Waals surface area contributed by atoms with Crippen molar-refractivity contribution in [3.05, 3.63) is 95.8 Å². The average Bonchev–Trinajstić information content (AvgIpc) is 3.99. The van der Waals surface area contributed by atoms with E-state index < -0.39 is 40.9 Å². The lowest BCUT2D eigenvalue weighted by Gasteiger charge is -2.20. The van der Waals surface area contributed by atoms with Crippen molar-refractivity contribution in [2.45, 2.75) is 41.5 Å². The van der Waals surface area contributed by atoms with E-state index in [1.165, 1.54) is 24.0 Å². The van der Waals surface area contributed by atoms with Gasteiger partial charge in [-0.25, -0.2) is 31.3 Å². The molecule has 0 saturated carbocycles. The molecule has 0 amide bonds. The number of hydrogen-bond acceptors (Lipinski definition) is 13. The largest absolute Gasteiger partial charge is 0.497 e. The summed E-state index contributed by atoms with van der Waals surface area (Å²) in [5.74, 6) is 0.365. The number of nitrogens with one attached hydrogen (secondary N) is 3. The van der Waals surface area contributed by atoms with Crippen molar-refractivity contribution >= 4 is 36.9 Å². The van der Waals surface area contributed by atoms with Gasteiger partial charge in [-0.15, -0.1) is 10.2 Å². The molecule has 286 valence electrons. The van der Waals surface area contributed by atoms with Gasteiger partial charge in [0.2, 0.25) is 21.7 Å². The van der Waals surface area contributed by atoms with E-state index in [4.69, 9.17) is 14.2 Å². The fourth-order valence-electron chi connectivity index (χ4n) is 6.42. The standard InChI is InChI=1S/C37H38N8O8S2/c1-4-53-37(46)36-40-30-7-5-6-29(33(30)41-36)28-16-17-31(54(47,48)27-18-19-38-21-27)34(55(49,50)39-20-23-8-12-25(51-2)13-9-23)32(28)35-42-44-45(43-35)22-24-10-14-26(52-3)15-11-24/h5-17,27,38-39H,4,18-22H2,1-3H3,(H,40,41)/t27-/m0/s1. The zero-order valence-corrected chi connectivity index (χ0v) is 31.8. The van der Waals surface area contributed by atoms with E-state index in [0.29, 0.717) is 40.2 Å². The van der Waals surface area contributed by atoms with Crippen LogP contribution < -0.4 is 19.5 Å². The smallest absolute Gasteiger partial charge is 0.374 e. The Hall–Kier alpha value is -5.69. The summed E-state index contributed by atoms with van der Waals surface area (Å²) in [6, 6.07) is 21.9. The van der Waals surface area contributed by atoms with Crippen molar-refractivity contribution < 1.29 is 35.8 Å². The zero-order valence-electron chi connectivity index (χ0n) is 30.1. The number of esters is 1. The molecule has 16 nitrogen and oxygen atoms in total. The summed E-state index contributed by atoms with van der Waals surface area (Å²) in [5, 5.41) is 15.4. The molecule has 1 fully saturated rings. The molecule has 1 aliphatic rings. The van der Waals surface area contributed by atoms with Gasteiger partial charge in [-0.3, -0.25) is 0 Å². The minimum Gasteiger partial charge on any atom is -0.497 e. The third-order valence-electron chi connectivity index (χ3n) is 9.21. The molecule has 1 aliphatic heterocycles. The zero-order chi connectivity index (χ0) is 38.7. The molecule has 4 aromatic carbocycles. The monoisotopic (exact) mass is 786 g/mol. The first kappa shape index (κ1) is 37.6. The Morgan fingerprint density at radius 2 is 1.62 bits per heavy atom. The van der Waals surface area contributed by atoms with Gasteiger partial charge >= 0.3 is 5.97 Å².